The third-order valence-corrected chi connectivity index (χ3v) is 10.7. The van der Waals surface area contributed by atoms with Gasteiger partial charge in [-0.15, -0.1) is 0 Å². The molecular formula is C42H53BF3N8O6. The Kier molecular flexibility index (Phi) is 16.8. The lowest BCUT2D eigenvalue weighted by Gasteiger charge is -2.29. The highest BCUT2D eigenvalue weighted by Crippen LogP contribution is 2.45. The van der Waals surface area contributed by atoms with Gasteiger partial charge in [-0.2, -0.15) is 10.2 Å². The van der Waals surface area contributed by atoms with E-state index >= 15 is 0 Å². The van der Waals surface area contributed by atoms with Crippen molar-refractivity contribution in [3.05, 3.63) is 120 Å². The number of rotatable bonds is 12. The number of aliphatic hydroxyl groups is 1. The Morgan fingerprint density at radius 2 is 1.30 bits per heavy atom. The fourth-order valence-electron chi connectivity index (χ4n) is 7.71. The molecule has 4 aromatic heterocycles. The van der Waals surface area contributed by atoms with Crippen LogP contribution in [0.2, 0.25) is 0 Å². The summed E-state index contributed by atoms with van der Waals surface area (Å²) in [4.78, 5) is 8.07. The molecule has 6 heterocycles. The van der Waals surface area contributed by atoms with E-state index in [4.69, 9.17) is 39.6 Å². The first-order valence-electron chi connectivity index (χ1n) is 19.9. The van der Waals surface area contributed by atoms with Crippen molar-refractivity contribution in [1.29, 1.82) is 0 Å². The lowest BCUT2D eigenvalue weighted by atomic mass is 9.93. The minimum Gasteiger partial charge on any atom is -0.410 e. The van der Waals surface area contributed by atoms with E-state index in [1.165, 1.54) is 12.7 Å². The second kappa shape index (κ2) is 21.9. The quantitative estimate of drug-likeness (QED) is 0.106. The lowest BCUT2D eigenvalue weighted by Crippen LogP contribution is -2.41. The Morgan fingerprint density at radius 3 is 1.85 bits per heavy atom. The van der Waals surface area contributed by atoms with Gasteiger partial charge in [0.25, 0.3) is 0 Å². The Balaban J connectivity index is 0.000000198. The highest BCUT2D eigenvalue weighted by atomic mass is 20.0. The number of anilines is 2. The molecule has 2 saturated heterocycles. The molecule has 60 heavy (non-hydrogen) atoms. The minimum atomic E-state index is -1.62. The van der Waals surface area contributed by atoms with Gasteiger partial charge < -0.3 is 40.2 Å². The Morgan fingerprint density at radius 1 is 0.750 bits per heavy atom. The summed E-state index contributed by atoms with van der Waals surface area (Å²) in [5.41, 5.74) is 17.0. The Labute approximate surface area is 348 Å². The van der Waals surface area contributed by atoms with Crippen molar-refractivity contribution < 1.29 is 42.2 Å². The maximum absolute atomic E-state index is 11.6. The molecule has 6 aromatic rings. The molecule has 2 aromatic carbocycles. The van der Waals surface area contributed by atoms with Crippen molar-refractivity contribution in [3.8, 4) is 0 Å². The average molecular weight is 834 g/mol. The molecule has 0 aliphatic carbocycles. The topological polar surface area (TPSA) is 179 Å². The molecule has 0 amide bonds. The van der Waals surface area contributed by atoms with Crippen LogP contribution >= 0.6 is 0 Å². The van der Waals surface area contributed by atoms with Gasteiger partial charge in [-0.05, 0) is 55.2 Å². The van der Waals surface area contributed by atoms with Crippen molar-refractivity contribution in [1.82, 2.24) is 29.2 Å². The maximum atomic E-state index is 11.6. The van der Waals surface area contributed by atoms with Crippen molar-refractivity contribution in [3.63, 3.8) is 0 Å². The second-order valence-corrected chi connectivity index (χ2v) is 14.4. The van der Waals surface area contributed by atoms with Crippen LogP contribution in [0.25, 0.3) is 11.0 Å². The van der Waals surface area contributed by atoms with Crippen LogP contribution in [-0.2, 0) is 42.6 Å². The first-order valence-corrected chi connectivity index (χ1v) is 19.9. The van der Waals surface area contributed by atoms with Gasteiger partial charge in [0.2, 0.25) is 5.79 Å². The van der Waals surface area contributed by atoms with Crippen molar-refractivity contribution in [2.45, 2.75) is 97.0 Å². The molecule has 0 spiro atoms. The number of benzene rings is 2. The third kappa shape index (κ3) is 10.2. The van der Waals surface area contributed by atoms with Gasteiger partial charge in [-0.1, -0.05) is 88.4 Å². The van der Waals surface area contributed by atoms with E-state index in [2.05, 4.69) is 50.8 Å². The number of nitrogens with two attached hydrogens (primary N) is 2. The van der Waals surface area contributed by atoms with Gasteiger partial charge >= 0.3 is 7.76 Å². The zero-order valence-corrected chi connectivity index (χ0v) is 34.4. The van der Waals surface area contributed by atoms with Crippen molar-refractivity contribution in [2.75, 3.05) is 18.1 Å². The van der Waals surface area contributed by atoms with E-state index in [1.807, 2.05) is 79.0 Å². The zero-order chi connectivity index (χ0) is 43.2. The average Bonchev–Trinajstić information content (AvgIpc) is 4.05. The molecule has 2 aliphatic heterocycles. The summed E-state index contributed by atoms with van der Waals surface area (Å²) in [5, 5.41) is 20.2. The molecule has 0 unspecified atom stereocenters. The van der Waals surface area contributed by atoms with E-state index in [0.717, 1.165) is 35.2 Å². The van der Waals surface area contributed by atoms with Crippen molar-refractivity contribution in [2.24, 2.45) is 11.8 Å². The zero-order valence-electron chi connectivity index (χ0n) is 34.4. The van der Waals surface area contributed by atoms with Gasteiger partial charge in [0.15, 0.2) is 11.6 Å². The van der Waals surface area contributed by atoms with E-state index in [9.17, 15) is 9.42 Å². The van der Waals surface area contributed by atoms with Crippen LogP contribution < -0.4 is 11.5 Å². The van der Waals surface area contributed by atoms with Crippen molar-refractivity contribution >= 4 is 30.4 Å². The summed E-state index contributed by atoms with van der Waals surface area (Å²) in [6.07, 6.45) is 3.82. The van der Waals surface area contributed by atoms with Gasteiger partial charge in [-0.3, -0.25) is 4.32 Å². The maximum Gasteiger partial charge on any atom is 0.535 e. The molecule has 14 nitrogen and oxygen atoms in total. The van der Waals surface area contributed by atoms with E-state index in [0.29, 0.717) is 48.6 Å². The first-order chi connectivity index (χ1) is 29.1. The summed E-state index contributed by atoms with van der Waals surface area (Å²) >= 11 is 0. The summed E-state index contributed by atoms with van der Waals surface area (Å²) < 4.78 is 59.1. The number of hydrogen-bond acceptors (Lipinski definition) is 12. The molecular weight excluding hydrogens is 780 g/mol. The van der Waals surface area contributed by atoms with E-state index < -0.39 is 11.9 Å². The third-order valence-electron chi connectivity index (χ3n) is 10.7. The van der Waals surface area contributed by atoms with Crippen LogP contribution in [0.4, 0.5) is 25.1 Å². The monoisotopic (exact) mass is 833 g/mol. The Hall–Kier alpha value is -5.11. The predicted octanol–water partition coefficient (Wildman–Crippen LogP) is 7.24. The second-order valence-electron chi connectivity index (χ2n) is 14.4. The number of aromatic nitrogens is 6. The van der Waals surface area contributed by atoms with Gasteiger partial charge in [-0.25, -0.2) is 19.0 Å². The highest BCUT2D eigenvalue weighted by Gasteiger charge is 2.55. The smallest absolute Gasteiger partial charge is 0.410 e. The molecule has 2 fully saturated rings. The molecule has 8 atom stereocenters. The minimum absolute atomic E-state index is 0.00782. The SMILES string of the molecule is CCO[B]F.CC[C@H]1O[C@@H](c2ccc3c(N)ncnn23)[C@H](OCc2ccccc2)[C@@H]1C.CC[C@H]1O[C@@](O)(c2ccc3c(N)ncnn23)[C@H](OCc2ccccc2)[C@@H]1C.FF. The fraction of sp³-hybridized carbons (Fsp3) is 0.429. The standard InChI is InChI=1S/C20H24N4O3.C20H24N4O2.C2H5BFO.F2/c1-3-16-13(2)18(26-11-14-7-5-4-6-8-14)20(25,27-16)17-10-9-15-19(21)22-12-23-24(15)17;1-3-17-13(2)18(25-11-14-7-5-4-6-8-14)19(26-17)15-9-10-16-20(21)22-12-23-24(15)16;1-2-5-3-4;1-2/h4-10,12-13,16,18,25H,3,11H2,1-2H3,(H2,21,22,23);4-10,12-13,17-19H,3,11H2,1-2H3,(H2,21,22,23);2H2,1H3;/t13-,16-,18-,20+;13-,17-,18-,19+;;/m11../s1. The fourth-order valence-corrected chi connectivity index (χ4v) is 7.71. The van der Waals surface area contributed by atoms with Crippen LogP contribution in [-0.4, -0.2) is 73.1 Å². The van der Waals surface area contributed by atoms with Gasteiger partial charge in [0.05, 0.1) is 37.2 Å². The summed E-state index contributed by atoms with van der Waals surface area (Å²) in [6, 6.07) is 27.6. The predicted molar refractivity (Wildman–Crippen MR) is 221 cm³/mol. The molecule has 5 N–H and O–H groups in total. The van der Waals surface area contributed by atoms with Crippen LogP contribution in [0, 0.1) is 11.8 Å². The lowest BCUT2D eigenvalue weighted by molar-refractivity contribution is -0.251. The van der Waals surface area contributed by atoms with Crippen LogP contribution in [0.1, 0.15) is 76.1 Å². The van der Waals surface area contributed by atoms with Crippen LogP contribution in [0.15, 0.2) is 97.6 Å². The molecule has 8 rings (SSSR count). The first kappa shape index (κ1) is 46.0. The summed E-state index contributed by atoms with van der Waals surface area (Å²) in [6.45, 7) is 11.5. The number of nitrogens with zero attached hydrogens (tertiary/aromatic N) is 6. The number of ether oxygens (including phenoxy) is 4. The molecule has 2 aliphatic rings. The number of halogens is 3. The van der Waals surface area contributed by atoms with Crippen LogP contribution in [0.5, 0.6) is 0 Å². The van der Waals surface area contributed by atoms with E-state index in [1.54, 1.807) is 23.6 Å². The largest absolute Gasteiger partial charge is 0.535 e. The molecule has 18 heteroatoms. The number of nitrogen functional groups attached to an aromatic ring is 2. The van der Waals surface area contributed by atoms with E-state index in [-0.39, 0.29) is 38.1 Å². The Bertz CT molecular complexity index is 2190. The summed E-state index contributed by atoms with van der Waals surface area (Å²) in [7, 11) is 0.181. The number of hydrogen-bond donors (Lipinski definition) is 3. The normalized spacial score (nSPS) is 24.5. The summed E-state index contributed by atoms with van der Waals surface area (Å²) in [5.74, 6) is -0.514. The molecule has 1 radical (unpaired) electrons. The molecule has 0 bridgehead atoms. The highest BCUT2D eigenvalue weighted by molar-refractivity contribution is 6.16. The van der Waals surface area contributed by atoms with Crippen LogP contribution in [0.3, 0.4) is 0 Å². The molecule has 321 valence electrons. The van der Waals surface area contributed by atoms with Gasteiger partial charge in [0.1, 0.15) is 41.6 Å². The number of fused-ring (bicyclic) bond motifs is 2. The van der Waals surface area contributed by atoms with Gasteiger partial charge in [0, 0.05) is 27.6 Å². The molecule has 0 saturated carbocycles.